The topological polar surface area (TPSA) is 13.1 Å². The van der Waals surface area contributed by atoms with Crippen molar-refractivity contribution in [1.29, 1.82) is 0 Å². The SMILES string of the molecule is [2H]c1c([2H])c([2H])c(-c2cccc(-c3c4ccccc4c(-c4cccc5oc6ccccc6c45)c4ccc(-c5c([2H])c([2H])c([2H])c([2H])c5[2H])cc34)c2)c([2H])c1[2H]. The van der Waals surface area contributed by atoms with Crippen molar-refractivity contribution in [3.63, 3.8) is 0 Å². The molecule has 0 fully saturated rings. The van der Waals surface area contributed by atoms with Gasteiger partial charge in [0.2, 0.25) is 0 Å². The van der Waals surface area contributed by atoms with Gasteiger partial charge in [-0.15, -0.1) is 0 Å². The van der Waals surface area contributed by atoms with Crippen LogP contribution in [0.15, 0.2) is 174 Å². The second-order valence-corrected chi connectivity index (χ2v) is 10.9. The molecule has 1 heteroatoms. The van der Waals surface area contributed by atoms with Crippen molar-refractivity contribution in [2.75, 3.05) is 0 Å². The van der Waals surface area contributed by atoms with E-state index in [4.69, 9.17) is 18.1 Å². The predicted octanol–water partition coefficient (Wildman–Crippen LogP) is 12.6. The van der Waals surface area contributed by atoms with Crippen LogP contribution in [-0.2, 0) is 0 Å². The molecule has 0 amide bonds. The fourth-order valence-corrected chi connectivity index (χ4v) is 6.54. The molecule has 0 saturated heterocycles. The van der Waals surface area contributed by atoms with E-state index in [9.17, 15) is 0 Å². The zero-order valence-electron chi connectivity index (χ0n) is 33.8. The molecule has 0 aliphatic carbocycles. The van der Waals surface area contributed by atoms with Gasteiger partial charge in [0, 0.05) is 10.8 Å². The van der Waals surface area contributed by atoms with Gasteiger partial charge in [-0.1, -0.05) is 145 Å². The lowest BCUT2D eigenvalue weighted by atomic mass is 9.83. The number of hydrogen-bond donors (Lipinski definition) is 0. The van der Waals surface area contributed by atoms with E-state index in [0.29, 0.717) is 16.7 Å². The Labute approximate surface area is 275 Å². The van der Waals surface area contributed by atoms with Crippen LogP contribution >= 0.6 is 0 Å². The minimum atomic E-state index is -0.474. The molecular formula is C44H28O. The summed E-state index contributed by atoms with van der Waals surface area (Å²) in [5.41, 5.74) is 5.81. The van der Waals surface area contributed by atoms with E-state index >= 15 is 0 Å². The number of fused-ring (bicyclic) bond motifs is 5. The summed E-state index contributed by atoms with van der Waals surface area (Å²) in [7, 11) is 0. The largest absolute Gasteiger partial charge is 0.456 e. The summed E-state index contributed by atoms with van der Waals surface area (Å²) in [6.45, 7) is 0. The smallest absolute Gasteiger partial charge is 0.136 e. The van der Waals surface area contributed by atoms with E-state index in [1.807, 2.05) is 78.9 Å². The summed E-state index contributed by atoms with van der Waals surface area (Å²) in [6, 6.07) is 30.7. The highest BCUT2D eigenvalue weighted by atomic mass is 16.3. The molecule has 8 aromatic carbocycles. The van der Waals surface area contributed by atoms with Crippen LogP contribution in [0, 0.1) is 0 Å². The lowest BCUT2D eigenvalue weighted by Crippen LogP contribution is -1.92. The molecule has 0 spiro atoms. The van der Waals surface area contributed by atoms with Crippen LogP contribution in [0.25, 0.3) is 88.0 Å². The maximum atomic E-state index is 8.81. The number of rotatable bonds is 4. The third-order valence-corrected chi connectivity index (χ3v) is 8.42. The first kappa shape index (κ1) is 17.4. The second-order valence-electron chi connectivity index (χ2n) is 10.9. The average Bonchev–Trinajstić information content (AvgIpc) is 3.59. The molecular weight excluding hydrogens is 544 g/mol. The summed E-state index contributed by atoms with van der Waals surface area (Å²) < 4.78 is 91.1. The number of furan rings is 1. The number of benzene rings is 8. The van der Waals surface area contributed by atoms with Crippen LogP contribution in [0.2, 0.25) is 0 Å². The van der Waals surface area contributed by atoms with Crippen LogP contribution in [-0.4, -0.2) is 0 Å². The molecule has 0 aliphatic rings. The van der Waals surface area contributed by atoms with Crippen molar-refractivity contribution >= 4 is 43.5 Å². The molecule has 0 aliphatic heterocycles. The van der Waals surface area contributed by atoms with E-state index in [0.717, 1.165) is 60.2 Å². The van der Waals surface area contributed by atoms with Crippen LogP contribution in [0.4, 0.5) is 0 Å². The lowest BCUT2D eigenvalue weighted by molar-refractivity contribution is 0.669. The van der Waals surface area contributed by atoms with E-state index in [-0.39, 0.29) is 35.3 Å². The zero-order valence-corrected chi connectivity index (χ0v) is 23.8. The van der Waals surface area contributed by atoms with Gasteiger partial charge in [-0.25, -0.2) is 0 Å². The van der Waals surface area contributed by atoms with Gasteiger partial charge < -0.3 is 4.42 Å². The van der Waals surface area contributed by atoms with Crippen LogP contribution in [0.3, 0.4) is 0 Å². The molecule has 1 nitrogen and oxygen atoms in total. The molecule has 210 valence electrons. The first-order chi connectivity index (χ1) is 26.5. The third-order valence-electron chi connectivity index (χ3n) is 8.42. The number of para-hydroxylation sites is 1. The second kappa shape index (κ2) is 10.4. The Morgan fingerprint density at radius 2 is 0.956 bits per heavy atom. The van der Waals surface area contributed by atoms with E-state index in [1.165, 1.54) is 0 Å². The van der Waals surface area contributed by atoms with Crippen molar-refractivity contribution in [2.24, 2.45) is 0 Å². The fourth-order valence-electron chi connectivity index (χ4n) is 6.54. The Bertz CT molecular complexity index is 3050. The molecule has 0 radical (unpaired) electrons. The summed E-state index contributed by atoms with van der Waals surface area (Å²) in [6.07, 6.45) is 0. The van der Waals surface area contributed by atoms with Crippen molar-refractivity contribution in [2.45, 2.75) is 0 Å². The monoisotopic (exact) mass is 582 g/mol. The normalized spacial score (nSPS) is 14.7. The highest BCUT2D eigenvalue weighted by Crippen LogP contribution is 2.48. The first-order valence-electron chi connectivity index (χ1n) is 19.6. The number of hydrogen-bond acceptors (Lipinski definition) is 1. The fraction of sp³-hybridized carbons (Fsp3) is 0. The molecule has 9 aromatic rings. The van der Waals surface area contributed by atoms with E-state index in [1.54, 1.807) is 18.2 Å². The molecule has 0 unspecified atom stereocenters. The average molecular weight is 583 g/mol. The van der Waals surface area contributed by atoms with Gasteiger partial charge in [-0.3, -0.25) is 0 Å². The molecule has 0 bridgehead atoms. The Morgan fingerprint density at radius 1 is 0.378 bits per heavy atom. The quantitative estimate of drug-likeness (QED) is 0.188. The lowest BCUT2D eigenvalue weighted by Gasteiger charge is -2.19. The standard InChI is InChI=1S/C44H28O/c1-3-13-29(14-4-1)31-17-11-18-33(27-31)42-34-19-7-8-20-35(34)43(36-26-25-32(28-39(36)42)30-15-5-2-6-16-30)38-22-12-24-41-44(38)37-21-9-10-23-40(37)45-41/h1-28H/i1D,2D,3D,4D,5D,6D,13D,14D,15D,16D. The van der Waals surface area contributed by atoms with Crippen LogP contribution in [0.5, 0.6) is 0 Å². The summed E-state index contributed by atoms with van der Waals surface area (Å²) in [5.74, 6) is 0. The highest BCUT2D eigenvalue weighted by molar-refractivity contribution is 6.26. The van der Waals surface area contributed by atoms with Gasteiger partial charge in [0.05, 0.1) is 13.7 Å². The minimum Gasteiger partial charge on any atom is -0.456 e. The van der Waals surface area contributed by atoms with Gasteiger partial charge in [0.1, 0.15) is 11.2 Å². The highest BCUT2D eigenvalue weighted by Gasteiger charge is 2.21. The maximum absolute atomic E-state index is 8.81. The molecule has 1 heterocycles. The molecule has 9 rings (SSSR count). The van der Waals surface area contributed by atoms with Gasteiger partial charge in [-0.05, 0) is 90.3 Å². The third kappa shape index (κ3) is 4.17. The van der Waals surface area contributed by atoms with E-state index < -0.39 is 36.3 Å². The van der Waals surface area contributed by atoms with Crippen LogP contribution < -0.4 is 0 Å². The van der Waals surface area contributed by atoms with Gasteiger partial charge in [0.25, 0.3) is 0 Å². The Balaban J connectivity index is 1.43. The molecule has 0 atom stereocenters. The van der Waals surface area contributed by atoms with Gasteiger partial charge >= 0.3 is 0 Å². The Kier molecular flexibility index (Phi) is 4.01. The Morgan fingerprint density at radius 3 is 1.71 bits per heavy atom. The molecule has 45 heavy (non-hydrogen) atoms. The van der Waals surface area contributed by atoms with Crippen molar-refractivity contribution < 1.29 is 18.1 Å². The molecule has 0 N–H and O–H groups in total. The van der Waals surface area contributed by atoms with Crippen molar-refractivity contribution in [1.82, 2.24) is 0 Å². The van der Waals surface area contributed by atoms with E-state index in [2.05, 4.69) is 12.1 Å². The van der Waals surface area contributed by atoms with Gasteiger partial charge in [0.15, 0.2) is 0 Å². The summed E-state index contributed by atoms with van der Waals surface area (Å²) in [5, 5.41) is 5.22. The maximum Gasteiger partial charge on any atom is 0.136 e. The minimum absolute atomic E-state index is 0.0735. The summed E-state index contributed by atoms with van der Waals surface area (Å²) in [4.78, 5) is 0. The Hall–Kier alpha value is -5.92. The zero-order chi connectivity index (χ0) is 38.4. The van der Waals surface area contributed by atoms with Crippen molar-refractivity contribution in [3.05, 3.63) is 170 Å². The summed E-state index contributed by atoms with van der Waals surface area (Å²) >= 11 is 0. The van der Waals surface area contributed by atoms with Crippen LogP contribution in [0.1, 0.15) is 13.7 Å². The molecule has 1 aromatic heterocycles. The van der Waals surface area contributed by atoms with Gasteiger partial charge in [-0.2, -0.15) is 0 Å². The predicted molar refractivity (Wildman–Crippen MR) is 190 cm³/mol. The first-order valence-corrected chi connectivity index (χ1v) is 14.6. The molecule has 0 saturated carbocycles. The van der Waals surface area contributed by atoms with Crippen molar-refractivity contribution in [3.8, 4) is 44.5 Å².